The number of rotatable bonds is 5. The van der Waals surface area contributed by atoms with Crippen LogP contribution in [0, 0.1) is 0 Å². The van der Waals surface area contributed by atoms with Crippen LogP contribution < -0.4 is 11.1 Å². The molecule has 2 aliphatic heterocycles. The van der Waals surface area contributed by atoms with Gasteiger partial charge in [-0.3, -0.25) is 9.69 Å². The third kappa shape index (κ3) is 2.99. The monoisotopic (exact) mass is 239 g/mol. The van der Waals surface area contributed by atoms with Crippen LogP contribution in [0.3, 0.4) is 0 Å². The predicted molar refractivity (Wildman–Crippen MR) is 68.6 cm³/mol. The normalized spacial score (nSPS) is 30.2. The largest absolute Gasteiger partial charge is 0.350 e. The second-order valence-corrected chi connectivity index (χ2v) is 5.40. The molecule has 2 saturated heterocycles. The Morgan fingerprint density at radius 3 is 3.06 bits per heavy atom. The van der Waals surface area contributed by atoms with Gasteiger partial charge in [-0.05, 0) is 32.2 Å². The van der Waals surface area contributed by atoms with E-state index in [1.54, 1.807) is 0 Å². The van der Waals surface area contributed by atoms with Gasteiger partial charge < -0.3 is 11.1 Å². The fourth-order valence-electron chi connectivity index (χ4n) is 3.10. The zero-order valence-electron chi connectivity index (χ0n) is 10.8. The molecule has 3 N–H and O–H groups in total. The molecule has 3 atom stereocenters. The van der Waals surface area contributed by atoms with Crippen LogP contribution in [0.2, 0.25) is 0 Å². The second-order valence-electron chi connectivity index (χ2n) is 5.40. The minimum Gasteiger partial charge on any atom is -0.350 e. The molecule has 2 rings (SSSR count). The van der Waals surface area contributed by atoms with Crippen LogP contribution >= 0.6 is 0 Å². The number of nitrogens with two attached hydrogens (primary N) is 1. The van der Waals surface area contributed by atoms with Crippen LogP contribution in [0.25, 0.3) is 0 Å². The second kappa shape index (κ2) is 5.83. The van der Waals surface area contributed by atoms with Crippen molar-refractivity contribution in [3.05, 3.63) is 0 Å². The van der Waals surface area contributed by atoms with Crippen LogP contribution in [0.1, 0.15) is 45.4 Å². The fourth-order valence-corrected chi connectivity index (χ4v) is 3.10. The molecule has 0 aromatic heterocycles. The molecule has 0 spiro atoms. The SMILES string of the molecule is CCCC[C@H](N)C(=O)NC1CCN2CCCC12. The van der Waals surface area contributed by atoms with Gasteiger partial charge in [0.2, 0.25) is 5.91 Å². The number of nitrogens with one attached hydrogen (secondary N) is 1. The quantitative estimate of drug-likeness (QED) is 0.748. The molecule has 2 unspecified atom stereocenters. The Labute approximate surface area is 104 Å². The van der Waals surface area contributed by atoms with Gasteiger partial charge in [-0.2, -0.15) is 0 Å². The molecule has 4 heteroatoms. The van der Waals surface area contributed by atoms with Gasteiger partial charge in [0, 0.05) is 18.6 Å². The summed E-state index contributed by atoms with van der Waals surface area (Å²) in [7, 11) is 0. The van der Waals surface area contributed by atoms with Gasteiger partial charge in [0.25, 0.3) is 0 Å². The van der Waals surface area contributed by atoms with Gasteiger partial charge in [0.15, 0.2) is 0 Å². The summed E-state index contributed by atoms with van der Waals surface area (Å²) in [5.74, 6) is 0.0530. The highest BCUT2D eigenvalue weighted by Gasteiger charge is 2.38. The van der Waals surface area contributed by atoms with Crippen LogP contribution in [-0.2, 0) is 4.79 Å². The van der Waals surface area contributed by atoms with Crippen molar-refractivity contribution in [1.82, 2.24) is 10.2 Å². The molecule has 0 aromatic rings. The average molecular weight is 239 g/mol. The van der Waals surface area contributed by atoms with Gasteiger partial charge in [-0.25, -0.2) is 0 Å². The van der Waals surface area contributed by atoms with Gasteiger partial charge in [0.1, 0.15) is 0 Å². The Balaban J connectivity index is 1.78. The Morgan fingerprint density at radius 2 is 2.29 bits per heavy atom. The third-order valence-corrected chi connectivity index (χ3v) is 4.14. The smallest absolute Gasteiger partial charge is 0.237 e. The zero-order chi connectivity index (χ0) is 12.3. The number of nitrogens with zero attached hydrogens (tertiary/aromatic N) is 1. The molecule has 2 aliphatic rings. The number of amides is 1. The lowest BCUT2D eigenvalue weighted by molar-refractivity contribution is -0.123. The van der Waals surface area contributed by atoms with Crippen molar-refractivity contribution in [3.8, 4) is 0 Å². The number of fused-ring (bicyclic) bond motifs is 1. The summed E-state index contributed by atoms with van der Waals surface area (Å²) in [6.45, 7) is 4.47. The first-order chi connectivity index (χ1) is 8.22. The first kappa shape index (κ1) is 12.8. The number of hydrogen-bond donors (Lipinski definition) is 2. The lowest BCUT2D eigenvalue weighted by Gasteiger charge is -2.22. The molecule has 2 heterocycles. The summed E-state index contributed by atoms with van der Waals surface area (Å²) < 4.78 is 0. The zero-order valence-corrected chi connectivity index (χ0v) is 10.8. The first-order valence-corrected chi connectivity index (χ1v) is 7.02. The molecule has 0 radical (unpaired) electrons. The summed E-state index contributed by atoms with van der Waals surface area (Å²) in [4.78, 5) is 14.4. The van der Waals surface area contributed by atoms with Crippen molar-refractivity contribution in [2.75, 3.05) is 13.1 Å². The average Bonchev–Trinajstić information content (AvgIpc) is 2.90. The van der Waals surface area contributed by atoms with E-state index in [0.717, 1.165) is 32.2 Å². The van der Waals surface area contributed by atoms with Gasteiger partial charge in [-0.1, -0.05) is 19.8 Å². The third-order valence-electron chi connectivity index (χ3n) is 4.14. The highest BCUT2D eigenvalue weighted by molar-refractivity contribution is 5.81. The number of hydrogen-bond acceptors (Lipinski definition) is 3. The van der Waals surface area contributed by atoms with Gasteiger partial charge in [0.05, 0.1) is 6.04 Å². The van der Waals surface area contributed by atoms with Gasteiger partial charge >= 0.3 is 0 Å². The van der Waals surface area contributed by atoms with E-state index in [1.165, 1.54) is 19.4 Å². The molecule has 0 aromatic carbocycles. The molecule has 0 bridgehead atoms. The number of carbonyl (C=O) groups excluding carboxylic acids is 1. The topological polar surface area (TPSA) is 58.4 Å². The number of unbranched alkanes of at least 4 members (excludes halogenated alkanes) is 1. The Morgan fingerprint density at radius 1 is 1.47 bits per heavy atom. The molecular weight excluding hydrogens is 214 g/mol. The molecular formula is C13H25N3O. The van der Waals surface area contributed by atoms with E-state index in [-0.39, 0.29) is 11.9 Å². The van der Waals surface area contributed by atoms with E-state index < -0.39 is 0 Å². The van der Waals surface area contributed by atoms with Crippen molar-refractivity contribution >= 4 is 5.91 Å². The van der Waals surface area contributed by atoms with Crippen molar-refractivity contribution in [3.63, 3.8) is 0 Å². The van der Waals surface area contributed by atoms with E-state index in [9.17, 15) is 4.79 Å². The van der Waals surface area contributed by atoms with Crippen molar-refractivity contribution in [2.45, 2.75) is 63.6 Å². The summed E-state index contributed by atoms with van der Waals surface area (Å²) in [5.41, 5.74) is 5.89. The minimum absolute atomic E-state index is 0.0530. The minimum atomic E-state index is -0.314. The van der Waals surface area contributed by atoms with Crippen LogP contribution in [-0.4, -0.2) is 42.0 Å². The van der Waals surface area contributed by atoms with Crippen LogP contribution in [0.5, 0.6) is 0 Å². The molecule has 17 heavy (non-hydrogen) atoms. The Bertz CT molecular complexity index is 269. The molecule has 98 valence electrons. The molecule has 1 amide bonds. The molecule has 4 nitrogen and oxygen atoms in total. The van der Waals surface area contributed by atoms with Gasteiger partial charge in [-0.15, -0.1) is 0 Å². The van der Waals surface area contributed by atoms with E-state index in [1.807, 2.05) is 0 Å². The maximum absolute atomic E-state index is 11.9. The van der Waals surface area contributed by atoms with E-state index in [0.29, 0.717) is 12.1 Å². The first-order valence-electron chi connectivity index (χ1n) is 7.02. The summed E-state index contributed by atoms with van der Waals surface area (Å²) in [6, 6.07) is 0.611. The summed E-state index contributed by atoms with van der Waals surface area (Å²) in [6.07, 6.45) is 6.55. The van der Waals surface area contributed by atoms with Crippen LogP contribution in [0.4, 0.5) is 0 Å². The predicted octanol–water partition coefficient (Wildman–Crippen LogP) is 0.857. The van der Waals surface area contributed by atoms with Crippen molar-refractivity contribution in [2.24, 2.45) is 5.73 Å². The van der Waals surface area contributed by atoms with E-state index in [2.05, 4.69) is 17.1 Å². The highest BCUT2D eigenvalue weighted by Crippen LogP contribution is 2.27. The summed E-state index contributed by atoms with van der Waals surface area (Å²) in [5, 5.41) is 3.15. The summed E-state index contributed by atoms with van der Waals surface area (Å²) >= 11 is 0. The van der Waals surface area contributed by atoms with Crippen molar-refractivity contribution < 1.29 is 4.79 Å². The fraction of sp³-hybridized carbons (Fsp3) is 0.923. The van der Waals surface area contributed by atoms with E-state index >= 15 is 0 Å². The maximum atomic E-state index is 11.9. The van der Waals surface area contributed by atoms with Crippen molar-refractivity contribution in [1.29, 1.82) is 0 Å². The maximum Gasteiger partial charge on any atom is 0.237 e. The lowest BCUT2D eigenvalue weighted by Crippen LogP contribution is -2.48. The van der Waals surface area contributed by atoms with E-state index in [4.69, 9.17) is 5.73 Å². The number of carbonyl (C=O) groups is 1. The molecule has 0 saturated carbocycles. The highest BCUT2D eigenvalue weighted by atomic mass is 16.2. The standard InChI is InChI=1S/C13H25N3O/c1-2-3-5-10(14)13(17)15-11-7-9-16-8-4-6-12(11)16/h10-12H,2-9,14H2,1H3,(H,15,17)/t10-,11?,12?/m0/s1. The Kier molecular flexibility index (Phi) is 4.40. The molecule has 2 fully saturated rings. The molecule has 0 aliphatic carbocycles. The lowest BCUT2D eigenvalue weighted by atomic mass is 10.0. The van der Waals surface area contributed by atoms with Crippen LogP contribution in [0.15, 0.2) is 0 Å². The Hall–Kier alpha value is -0.610.